The lowest BCUT2D eigenvalue weighted by molar-refractivity contribution is 0.0950. The van der Waals surface area contributed by atoms with Crippen LogP contribution in [0, 0.1) is 6.92 Å². The van der Waals surface area contributed by atoms with Gasteiger partial charge in [-0.3, -0.25) is 9.78 Å². The first kappa shape index (κ1) is 13.5. The van der Waals surface area contributed by atoms with Gasteiger partial charge in [0.05, 0.1) is 12.2 Å². The maximum absolute atomic E-state index is 12.0. The van der Waals surface area contributed by atoms with E-state index >= 15 is 0 Å². The van der Waals surface area contributed by atoms with Crippen LogP contribution in [0.5, 0.6) is 0 Å². The SMILES string of the molecule is Cc1cccnc1CNC(=O)c1ccc(N)c(Br)c1. The average molecular weight is 320 g/mol. The first-order chi connectivity index (χ1) is 9.08. The molecule has 0 aliphatic carbocycles. The summed E-state index contributed by atoms with van der Waals surface area (Å²) in [5.74, 6) is -0.147. The number of amides is 1. The van der Waals surface area contributed by atoms with Gasteiger partial charge in [-0.2, -0.15) is 0 Å². The Morgan fingerprint density at radius 3 is 2.89 bits per heavy atom. The molecular weight excluding hydrogens is 306 g/mol. The molecule has 0 aliphatic heterocycles. The van der Waals surface area contributed by atoms with Gasteiger partial charge in [-0.25, -0.2) is 0 Å². The molecule has 0 saturated carbocycles. The molecule has 0 atom stereocenters. The van der Waals surface area contributed by atoms with E-state index in [0.29, 0.717) is 22.3 Å². The highest BCUT2D eigenvalue weighted by Gasteiger charge is 2.08. The van der Waals surface area contributed by atoms with Crippen molar-refractivity contribution in [1.29, 1.82) is 0 Å². The molecule has 0 spiro atoms. The lowest BCUT2D eigenvalue weighted by atomic mass is 10.2. The van der Waals surface area contributed by atoms with Gasteiger partial charge in [0.1, 0.15) is 0 Å². The molecule has 0 unspecified atom stereocenters. The molecule has 2 aromatic rings. The van der Waals surface area contributed by atoms with Gasteiger partial charge in [0.25, 0.3) is 5.91 Å². The first-order valence-corrected chi connectivity index (χ1v) is 6.61. The molecule has 5 heteroatoms. The number of halogens is 1. The second-order valence-corrected chi connectivity index (χ2v) is 5.04. The molecule has 98 valence electrons. The van der Waals surface area contributed by atoms with E-state index < -0.39 is 0 Å². The fraction of sp³-hybridized carbons (Fsp3) is 0.143. The van der Waals surface area contributed by atoms with Crippen LogP contribution in [0.15, 0.2) is 41.0 Å². The van der Waals surface area contributed by atoms with E-state index in [9.17, 15) is 4.79 Å². The number of carbonyl (C=O) groups is 1. The number of rotatable bonds is 3. The van der Waals surface area contributed by atoms with Crippen molar-refractivity contribution < 1.29 is 4.79 Å². The second-order valence-electron chi connectivity index (χ2n) is 4.19. The molecule has 1 aromatic carbocycles. The number of anilines is 1. The summed E-state index contributed by atoms with van der Waals surface area (Å²) >= 11 is 3.30. The Hall–Kier alpha value is -1.88. The average Bonchev–Trinajstić information content (AvgIpc) is 2.40. The van der Waals surface area contributed by atoms with Gasteiger partial charge in [0.15, 0.2) is 0 Å². The third-order valence-electron chi connectivity index (χ3n) is 2.80. The zero-order valence-electron chi connectivity index (χ0n) is 10.5. The van der Waals surface area contributed by atoms with Crippen LogP contribution in [0.1, 0.15) is 21.6 Å². The molecular formula is C14H14BrN3O. The number of pyridine rings is 1. The molecule has 0 bridgehead atoms. The standard InChI is InChI=1S/C14H14BrN3O/c1-9-3-2-6-17-13(9)8-18-14(19)10-4-5-12(16)11(15)7-10/h2-7H,8,16H2,1H3,(H,18,19). The molecule has 19 heavy (non-hydrogen) atoms. The monoisotopic (exact) mass is 319 g/mol. The summed E-state index contributed by atoms with van der Waals surface area (Å²) in [4.78, 5) is 16.2. The van der Waals surface area contributed by atoms with Gasteiger partial charge in [0.2, 0.25) is 0 Å². The van der Waals surface area contributed by atoms with Gasteiger partial charge in [-0.1, -0.05) is 6.07 Å². The molecule has 1 aromatic heterocycles. The summed E-state index contributed by atoms with van der Waals surface area (Å²) < 4.78 is 0.717. The molecule has 0 radical (unpaired) electrons. The van der Waals surface area contributed by atoms with Crippen LogP contribution in [0.2, 0.25) is 0 Å². The number of nitrogens with two attached hydrogens (primary N) is 1. The summed E-state index contributed by atoms with van der Waals surface area (Å²) in [6.45, 7) is 2.38. The van der Waals surface area contributed by atoms with Gasteiger partial charge in [-0.15, -0.1) is 0 Å². The number of aryl methyl sites for hydroxylation is 1. The van der Waals surface area contributed by atoms with E-state index in [-0.39, 0.29) is 5.91 Å². The van der Waals surface area contributed by atoms with Crippen molar-refractivity contribution >= 4 is 27.5 Å². The summed E-state index contributed by atoms with van der Waals surface area (Å²) in [6, 6.07) is 8.94. The topological polar surface area (TPSA) is 68.0 Å². The zero-order valence-corrected chi connectivity index (χ0v) is 12.1. The van der Waals surface area contributed by atoms with Crippen molar-refractivity contribution in [1.82, 2.24) is 10.3 Å². The van der Waals surface area contributed by atoms with Gasteiger partial charge < -0.3 is 11.1 Å². The van der Waals surface area contributed by atoms with E-state index in [1.54, 1.807) is 24.4 Å². The van der Waals surface area contributed by atoms with Gasteiger partial charge >= 0.3 is 0 Å². The minimum atomic E-state index is -0.147. The van der Waals surface area contributed by atoms with Crippen LogP contribution in [0.4, 0.5) is 5.69 Å². The minimum Gasteiger partial charge on any atom is -0.398 e. The number of nitrogens with zero attached hydrogens (tertiary/aromatic N) is 1. The Morgan fingerprint density at radius 1 is 1.42 bits per heavy atom. The van der Waals surface area contributed by atoms with E-state index in [2.05, 4.69) is 26.2 Å². The normalized spacial score (nSPS) is 10.2. The van der Waals surface area contributed by atoms with Crippen LogP contribution < -0.4 is 11.1 Å². The molecule has 2 rings (SSSR count). The Kier molecular flexibility index (Phi) is 4.16. The summed E-state index contributed by atoms with van der Waals surface area (Å²) in [6.07, 6.45) is 1.72. The highest BCUT2D eigenvalue weighted by molar-refractivity contribution is 9.10. The lowest BCUT2D eigenvalue weighted by Crippen LogP contribution is -2.23. The highest BCUT2D eigenvalue weighted by atomic mass is 79.9. The van der Waals surface area contributed by atoms with Crippen molar-refractivity contribution in [2.75, 3.05) is 5.73 Å². The Balaban J connectivity index is 2.05. The van der Waals surface area contributed by atoms with Crippen molar-refractivity contribution in [2.45, 2.75) is 13.5 Å². The zero-order chi connectivity index (χ0) is 13.8. The van der Waals surface area contributed by atoms with Crippen LogP contribution in [0.25, 0.3) is 0 Å². The highest BCUT2D eigenvalue weighted by Crippen LogP contribution is 2.20. The number of hydrogen-bond donors (Lipinski definition) is 2. The summed E-state index contributed by atoms with van der Waals surface area (Å²) in [7, 11) is 0. The van der Waals surface area contributed by atoms with Crippen LogP contribution in [-0.2, 0) is 6.54 Å². The third-order valence-corrected chi connectivity index (χ3v) is 3.48. The second kappa shape index (κ2) is 5.84. The van der Waals surface area contributed by atoms with Crippen molar-refractivity contribution in [3.8, 4) is 0 Å². The van der Waals surface area contributed by atoms with Gasteiger partial charge in [-0.05, 0) is 52.7 Å². The largest absolute Gasteiger partial charge is 0.398 e. The number of carbonyl (C=O) groups excluding carboxylic acids is 1. The summed E-state index contributed by atoms with van der Waals surface area (Å²) in [5, 5.41) is 2.84. The third kappa shape index (κ3) is 3.32. The minimum absolute atomic E-state index is 0.147. The van der Waals surface area contributed by atoms with Crippen molar-refractivity contribution in [3.05, 3.63) is 57.8 Å². The van der Waals surface area contributed by atoms with E-state index in [0.717, 1.165) is 11.3 Å². The molecule has 4 nitrogen and oxygen atoms in total. The number of nitrogens with one attached hydrogen (secondary N) is 1. The Morgan fingerprint density at radius 2 is 2.21 bits per heavy atom. The van der Waals surface area contributed by atoms with Crippen molar-refractivity contribution in [2.24, 2.45) is 0 Å². The maximum atomic E-state index is 12.0. The van der Waals surface area contributed by atoms with Crippen LogP contribution >= 0.6 is 15.9 Å². The first-order valence-electron chi connectivity index (χ1n) is 5.81. The lowest BCUT2D eigenvalue weighted by Gasteiger charge is -2.08. The van der Waals surface area contributed by atoms with E-state index in [1.165, 1.54) is 0 Å². The van der Waals surface area contributed by atoms with Crippen LogP contribution in [-0.4, -0.2) is 10.9 Å². The fourth-order valence-corrected chi connectivity index (χ4v) is 2.02. The van der Waals surface area contributed by atoms with E-state index in [1.807, 2.05) is 19.1 Å². The molecule has 3 N–H and O–H groups in total. The number of nitrogen functional groups attached to an aromatic ring is 1. The smallest absolute Gasteiger partial charge is 0.251 e. The number of aromatic nitrogens is 1. The molecule has 0 aliphatic rings. The van der Waals surface area contributed by atoms with Crippen LogP contribution in [0.3, 0.4) is 0 Å². The molecule has 1 amide bonds. The van der Waals surface area contributed by atoms with E-state index in [4.69, 9.17) is 5.73 Å². The molecule has 0 saturated heterocycles. The molecule has 1 heterocycles. The molecule has 0 fully saturated rings. The predicted molar refractivity (Wildman–Crippen MR) is 78.7 cm³/mol. The van der Waals surface area contributed by atoms with Crippen molar-refractivity contribution in [3.63, 3.8) is 0 Å². The number of benzene rings is 1. The summed E-state index contributed by atoms with van der Waals surface area (Å²) in [5.41, 5.74) is 8.78. The predicted octanol–water partition coefficient (Wildman–Crippen LogP) is 2.66. The number of hydrogen-bond acceptors (Lipinski definition) is 3. The fourth-order valence-electron chi connectivity index (χ4n) is 1.64. The maximum Gasteiger partial charge on any atom is 0.251 e. The Labute approximate surface area is 120 Å². The quantitative estimate of drug-likeness (QED) is 0.855. The Bertz CT molecular complexity index is 613. The van der Waals surface area contributed by atoms with Gasteiger partial charge in [0, 0.05) is 21.9 Å².